The third-order valence-corrected chi connectivity index (χ3v) is 4.74. The highest BCUT2D eigenvalue weighted by Crippen LogP contribution is 2.22. The Morgan fingerprint density at radius 3 is 2.92 bits per heavy atom. The molecule has 1 atom stereocenters. The molecule has 0 aromatic carbocycles. The molecule has 1 unspecified atom stereocenters. The molecule has 0 bridgehead atoms. The SMILES string of the molecule is Cc1cc(C)n2ncc(CN3CCOC(c4cc(=O)cc(C)[nH]4)C3)c2n1. The maximum absolute atomic E-state index is 11.8. The summed E-state index contributed by atoms with van der Waals surface area (Å²) < 4.78 is 7.79. The second kappa shape index (κ2) is 6.66. The fourth-order valence-corrected chi connectivity index (χ4v) is 3.58. The molecular formula is C19H23N5O2. The Hall–Kier alpha value is -2.51. The van der Waals surface area contributed by atoms with Gasteiger partial charge in [-0.2, -0.15) is 5.10 Å². The molecular weight excluding hydrogens is 330 g/mol. The van der Waals surface area contributed by atoms with Crippen LogP contribution < -0.4 is 5.43 Å². The first-order valence-electron chi connectivity index (χ1n) is 8.85. The van der Waals surface area contributed by atoms with E-state index in [2.05, 4.69) is 20.0 Å². The number of nitrogens with one attached hydrogen (secondary N) is 1. The van der Waals surface area contributed by atoms with Gasteiger partial charge in [0.25, 0.3) is 0 Å². The number of H-pyrrole nitrogens is 1. The molecule has 7 nitrogen and oxygen atoms in total. The van der Waals surface area contributed by atoms with E-state index in [0.717, 1.165) is 53.6 Å². The van der Waals surface area contributed by atoms with Gasteiger partial charge in [-0.1, -0.05) is 0 Å². The van der Waals surface area contributed by atoms with E-state index in [0.29, 0.717) is 6.61 Å². The third-order valence-electron chi connectivity index (χ3n) is 4.74. The lowest BCUT2D eigenvalue weighted by Gasteiger charge is -2.32. The summed E-state index contributed by atoms with van der Waals surface area (Å²) in [5.41, 5.74) is 5.79. The highest BCUT2D eigenvalue weighted by atomic mass is 16.5. The first kappa shape index (κ1) is 16.9. The third kappa shape index (κ3) is 3.27. The Morgan fingerprint density at radius 1 is 1.27 bits per heavy atom. The van der Waals surface area contributed by atoms with Crippen LogP contribution in [0.15, 0.2) is 29.2 Å². The van der Waals surface area contributed by atoms with Gasteiger partial charge in [-0.05, 0) is 26.8 Å². The summed E-state index contributed by atoms with van der Waals surface area (Å²) in [7, 11) is 0. The van der Waals surface area contributed by atoms with Gasteiger partial charge in [-0.25, -0.2) is 9.50 Å². The summed E-state index contributed by atoms with van der Waals surface area (Å²) in [6, 6.07) is 5.26. The minimum absolute atomic E-state index is 0.00903. The van der Waals surface area contributed by atoms with E-state index < -0.39 is 0 Å². The lowest BCUT2D eigenvalue weighted by molar-refractivity contribution is -0.0349. The van der Waals surface area contributed by atoms with E-state index in [1.165, 1.54) is 0 Å². The Bertz CT molecular complexity index is 1010. The molecule has 0 saturated carbocycles. The quantitative estimate of drug-likeness (QED) is 0.778. The van der Waals surface area contributed by atoms with Crippen molar-refractivity contribution in [1.29, 1.82) is 0 Å². The van der Waals surface area contributed by atoms with Gasteiger partial charge >= 0.3 is 0 Å². The predicted molar refractivity (Wildman–Crippen MR) is 98.2 cm³/mol. The minimum atomic E-state index is -0.130. The molecule has 3 aromatic heterocycles. The van der Waals surface area contributed by atoms with Crippen molar-refractivity contribution in [3.8, 4) is 0 Å². The summed E-state index contributed by atoms with van der Waals surface area (Å²) >= 11 is 0. The number of morpholine rings is 1. The van der Waals surface area contributed by atoms with E-state index in [4.69, 9.17) is 4.74 Å². The van der Waals surface area contributed by atoms with Gasteiger partial charge < -0.3 is 9.72 Å². The highest BCUT2D eigenvalue weighted by Gasteiger charge is 2.24. The molecule has 1 fully saturated rings. The first-order valence-corrected chi connectivity index (χ1v) is 8.85. The highest BCUT2D eigenvalue weighted by molar-refractivity contribution is 5.47. The van der Waals surface area contributed by atoms with Gasteiger partial charge in [0.1, 0.15) is 6.10 Å². The maximum atomic E-state index is 11.8. The van der Waals surface area contributed by atoms with Crippen LogP contribution in [0.5, 0.6) is 0 Å². The summed E-state index contributed by atoms with van der Waals surface area (Å²) in [5, 5.41) is 4.47. The number of hydrogen-bond acceptors (Lipinski definition) is 5. The minimum Gasteiger partial charge on any atom is -0.369 e. The van der Waals surface area contributed by atoms with Crippen LogP contribution in [-0.4, -0.2) is 44.2 Å². The summed E-state index contributed by atoms with van der Waals surface area (Å²) in [5.74, 6) is 0. The summed E-state index contributed by atoms with van der Waals surface area (Å²) in [4.78, 5) is 22.0. The standard InChI is InChI=1S/C19H23N5O2/c1-12-6-14(3)24-19(22-12)15(9-20-24)10-23-4-5-26-18(11-23)17-8-16(25)7-13(2)21-17/h6-9,18H,4-5,10-11H2,1-3H3,(H,21,25). The fourth-order valence-electron chi connectivity index (χ4n) is 3.58. The van der Waals surface area contributed by atoms with E-state index in [1.807, 2.05) is 37.5 Å². The van der Waals surface area contributed by atoms with Crippen molar-refractivity contribution in [2.45, 2.75) is 33.4 Å². The first-order chi connectivity index (χ1) is 12.5. The van der Waals surface area contributed by atoms with Crippen molar-refractivity contribution in [3.05, 3.63) is 63.0 Å². The lowest BCUT2D eigenvalue weighted by atomic mass is 10.1. The van der Waals surface area contributed by atoms with Crippen molar-refractivity contribution in [2.75, 3.05) is 19.7 Å². The molecule has 4 heterocycles. The van der Waals surface area contributed by atoms with Gasteiger partial charge in [0.05, 0.1) is 12.8 Å². The van der Waals surface area contributed by atoms with E-state index in [1.54, 1.807) is 12.1 Å². The monoisotopic (exact) mass is 353 g/mol. The number of aromatic amines is 1. The van der Waals surface area contributed by atoms with Crippen LogP contribution in [0.25, 0.3) is 5.65 Å². The van der Waals surface area contributed by atoms with Gasteiger partial charge in [0.2, 0.25) is 0 Å². The summed E-state index contributed by atoms with van der Waals surface area (Å²) in [6.07, 6.45) is 1.77. The number of aryl methyl sites for hydroxylation is 3. The van der Waals surface area contributed by atoms with Crippen molar-refractivity contribution in [2.24, 2.45) is 0 Å². The predicted octanol–water partition coefficient (Wildman–Crippen LogP) is 1.92. The maximum Gasteiger partial charge on any atom is 0.182 e. The Morgan fingerprint density at radius 2 is 2.12 bits per heavy atom. The van der Waals surface area contributed by atoms with Crippen LogP contribution in [0.2, 0.25) is 0 Å². The number of aromatic nitrogens is 4. The molecule has 0 radical (unpaired) electrons. The van der Waals surface area contributed by atoms with Crippen LogP contribution >= 0.6 is 0 Å². The largest absolute Gasteiger partial charge is 0.369 e. The van der Waals surface area contributed by atoms with Gasteiger partial charge in [0, 0.05) is 60.1 Å². The Labute approximate surface area is 151 Å². The zero-order valence-corrected chi connectivity index (χ0v) is 15.3. The molecule has 1 N–H and O–H groups in total. The normalized spacial score (nSPS) is 18.5. The molecule has 1 aliphatic rings. The van der Waals surface area contributed by atoms with Crippen molar-refractivity contribution < 1.29 is 4.74 Å². The van der Waals surface area contributed by atoms with Gasteiger partial charge in [0.15, 0.2) is 11.1 Å². The van der Waals surface area contributed by atoms with E-state index in [9.17, 15) is 4.79 Å². The number of nitrogens with zero attached hydrogens (tertiary/aromatic N) is 4. The zero-order chi connectivity index (χ0) is 18.3. The van der Waals surface area contributed by atoms with Crippen LogP contribution in [-0.2, 0) is 11.3 Å². The molecule has 0 spiro atoms. The second-order valence-electron chi connectivity index (χ2n) is 6.99. The average molecular weight is 353 g/mol. The topological polar surface area (TPSA) is 75.5 Å². The lowest BCUT2D eigenvalue weighted by Crippen LogP contribution is -2.38. The van der Waals surface area contributed by atoms with Crippen LogP contribution in [0.3, 0.4) is 0 Å². The van der Waals surface area contributed by atoms with Crippen LogP contribution in [0, 0.1) is 20.8 Å². The fraction of sp³-hybridized carbons (Fsp3) is 0.421. The number of fused-ring (bicyclic) bond motifs is 1. The smallest absolute Gasteiger partial charge is 0.182 e. The molecule has 7 heteroatoms. The molecule has 3 aromatic rings. The van der Waals surface area contributed by atoms with Crippen molar-refractivity contribution in [1.82, 2.24) is 24.5 Å². The number of ether oxygens (including phenoxy) is 1. The molecule has 136 valence electrons. The molecule has 0 aliphatic carbocycles. The zero-order valence-electron chi connectivity index (χ0n) is 15.3. The van der Waals surface area contributed by atoms with Gasteiger partial charge in [-0.3, -0.25) is 9.69 Å². The molecule has 26 heavy (non-hydrogen) atoms. The van der Waals surface area contributed by atoms with Crippen LogP contribution in [0.4, 0.5) is 0 Å². The molecule has 0 amide bonds. The van der Waals surface area contributed by atoms with E-state index >= 15 is 0 Å². The molecule has 1 aliphatic heterocycles. The van der Waals surface area contributed by atoms with Gasteiger partial charge in [-0.15, -0.1) is 0 Å². The van der Waals surface area contributed by atoms with Crippen molar-refractivity contribution >= 4 is 5.65 Å². The van der Waals surface area contributed by atoms with Crippen molar-refractivity contribution in [3.63, 3.8) is 0 Å². The Balaban J connectivity index is 1.56. The molecule has 1 saturated heterocycles. The average Bonchev–Trinajstić information content (AvgIpc) is 2.97. The summed E-state index contributed by atoms with van der Waals surface area (Å²) in [6.45, 7) is 8.89. The number of hydrogen-bond donors (Lipinski definition) is 1. The van der Waals surface area contributed by atoms with E-state index in [-0.39, 0.29) is 11.5 Å². The number of pyridine rings is 1. The Kier molecular flexibility index (Phi) is 4.34. The van der Waals surface area contributed by atoms with Crippen LogP contribution in [0.1, 0.15) is 34.4 Å². The number of rotatable bonds is 3. The second-order valence-corrected chi connectivity index (χ2v) is 6.99. The molecule has 4 rings (SSSR count).